The van der Waals surface area contributed by atoms with Gasteiger partial charge in [0.05, 0.1) is 17.9 Å². The topological polar surface area (TPSA) is 77.2 Å². The average Bonchev–Trinajstić information content (AvgIpc) is 2.27. The number of ether oxygens (including phenoxy) is 1. The molecule has 0 aliphatic carbocycles. The predicted molar refractivity (Wildman–Crippen MR) is 74.5 cm³/mol. The van der Waals surface area contributed by atoms with Crippen molar-refractivity contribution in [3.8, 4) is 11.8 Å². The van der Waals surface area contributed by atoms with Crippen LogP contribution in [-0.2, 0) is 4.74 Å². The predicted octanol–water partition coefficient (Wildman–Crippen LogP) is 1.85. The molecule has 1 rings (SSSR count). The van der Waals surface area contributed by atoms with Gasteiger partial charge in [-0.25, -0.2) is 4.79 Å². The zero-order valence-corrected chi connectivity index (χ0v) is 11.7. The van der Waals surface area contributed by atoms with Crippen LogP contribution in [-0.4, -0.2) is 23.2 Å². The van der Waals surface area contributed by atoms with E-state index >= 15 is 0 Å². The molecule has 0 aliphatic heterocycles. The zero-order valence-electron chi connectivity index (χ0n) is 11.7. The maximum absolute atomic E-state index is 11.3. The molecule has 3 N–H and O–H groups in total. The maximum atomic E-state index is 11.3. The van der Waals surface area contributed by atoms with Gasteiger partial charge in [-0.2, -0.15) is 0 Å². The quantitative estimate of drug-likeness (QED) is 0.756. The van der Waals surface area contributed by atoms with E-state index in [1.54, 1.807) is 33.0 Å². The number of hydrogen-bond acceptors (Lipinski definition) is 4. The minimum atomic E-state index is -0.507. The molecule has 0 saturated carbocycles. The third-order valence-corrected chi connectivity index (χ3v) is 2.08. The number of rotatable bonds is 1. The summed E-state index contributed by atoms with van der Waals surface area (Å²) in [5.41, 5.74) is 7.31. The fourth-order valence-electron chi connectivity index (χ4n) is 1.20. The summed E-state index contributed by atoms with van der Waals surface area (Å²) in [6, 6.07) is 1.75. The highest BCUT2D eigenvalue weighted by atomic mass is 16.6. The number of nitrogens with zero attached hydrogens (tertiary/aromatic N) is 1. The molecule has 1 aromatic heterocycles. The summed E-state index contributed by atoms with van der Waals surface area (Å²) < 4.78 is 5.07. The first kappa shape index (κ1) is 14.8. The Kier molecular flexibility index (Phi) is 4.76. The van der Waals surface area contributed by atoms with Crippen molar-refractivity contribution >= 4 is 11.8 Å². The first-order chi connectivity index (χ1) is 8.78. The number of anilines is 1. The van der Waals surface area contributed by atoms with Gasteiger partial charge >= 0.3 is 6.09 Å². The monoisotopic (exact) mass is 261 g/mol. The van der Waals surface area contributed by atoms with Crippen LogP contribution in [0.1, 0.15) is 32.0 Å². The van der Waals surface area contributed by atoms with Gasteiger partial charge in [-0.15, -0.1) is 0 Å². The van der Waals surface area contributed by atoms with Gasteiger partial charge in [-0.3, -0.25) is 4.98 Å². The third-order valence-electron chi connectivity index (χ3n) is 2.08. The largest absolute Gasteiger partial charge is 0.444 e. The van der Waals surface area contributed by atoms with Gasteiger partial charge in [-0.1, -0.05) is 11.8 Å². The van der Waals surface area contributed by atoms with Gasteiger partial charge in [0.2, 0.25) is 0 Å². The summed E-state index contributed by atoms with van der Waals surface area (Å²) >= 11 is 0. The molecular weight excluding hydrogens is 242 g/mol. The van der Waals surface area contributed by atoms with Crippen LogP contribution in [0.4, 0.5) is 10.5 Å². The number of alkyl carbamates (subject to hydrolysis) is 1. The van der Waals surface area contributed by atoms with Gasteiger partial charge in [0.1, 0.15) is 5.60 Å². The van der Waals surface area contributed by atoms with Crippen molar-refractivity contribution < 1.29 is 9.53 Å². The molecule has 5 nitrogen and oxygen atoms in total. The van der Waals surface area contributed by atoms with Gasteiger partial charge in [0.25, 0.3) is 0 Å². The second kappa shape index (κ2) is 6.10. The number of nitrogens with two attached hydrogens (primary N) is 1. The van der Waals surface area contributed by atoms with Crippen molar-refractivity contribution in [3.05, 3.63) is 23.5 Å². The van der Waals surface area contributed by atoms with Crippen molar-refractivity contribution in [1.29, 1.82) is 0 Å². The van der Waals surface area contributed by atoms with Crippen molar-refractivity contribution in [2.24, 2.45) is 0 Å². The van der Waals surface area contributed by atoms with Gasteiger partial charge in [0, 0.05) is 11.8 Å². The lowest BCUT2D eigenvalue weighted by molar-refractivity contribution is 0.0535. The number of pyridine rings is 1. The fraction of sp³-hybridized carbons (Fsp3) is 0.429. The first-order valence-electron chi connectivity index (χ1n) is 5.96. The van der Waals surface area contributed by atoms with Crippen LogP contribution < -0.4 is 11.1 Å². The molecule has 0 saturated heterocycles. The maximum Gasteiger partial charge on any atom is 0.408 e. The van der Waals surface area contributed by atoms with E-state index in [9.17, 15) is 4.79 Å². The summed E-state index contributed by atoms with van der Waals surface area (Å²) in [4.78, 5) is 15.4. The Morgan fingerprint density at radius 3 is 2.79 bits per heavy atom. The Morgan fingerprint density at radius 2 is 2.21 bits per heavy atom. The van der Waals surface area contributed by atoms with Crippen molar-refractivity contribution in [3.63, 3.8) is 0 Å². The summed E-state index contributed by atoms with van der Waals surface area (Å²) in [6.07, 6.45) is 1.16. The lowest BCUT2D eigenvalue weighted by atomic mass is 10.2. The standard InChI is InChI=1S/C14H19N3O2/c1-10-12(15)8-11(9-17-10)6-5-7-16-13(18)19-14(2,3)4/h8-9H,7,15H2,1-4H3,(H,16,18). The molecule has 5 heteroatoms. The molecule has 1 heterocycles. The van der Waals surface area contributed by atoms with E-state index < -0.39 is 11.7 Å². The number of aryl methyl sites for hydroxylation is 1. The van der Waals surface area contributed by atoms with Crippen LogP contribution >= 0.6 is 0 Å². The first-order valence-corrected chi connectivity index (χ1v) is 5.96. The van der Waals surface area contributed by atoms with Gasteiger partial charge in [-0.05, 0) is 33.8 Å². The Labute approximate surface area is 113 Å². The van der Waals surface area contributed by atoms with Crippen LogP contribution in [0.2, 0.25) is 0 Å². The lowest BCUT2D eigenvalue weighted by Gasteiger charge is -2.18. The Bertz CT molecular complexity index is 522. The molecule has 0 spiro atoms. The highest BCUT2D eigenvalue weighted by molar-refractivity contribution is 5.68. The normalized spacial score (nSPS) is 10.3. The summed E-state index contributed by atoms with van der Waals surface area (Å²) in [6.45, 7) is 7.45. The minimum Gasteiger partial charge on any atom is -0.444 e. The summed E-state index contributed by atoms with van der Waals surface area (Å²) in [7, 11) is 0. The summed E-state index contributed by atoms with van der Waals surface area (Å²) in [5, 5.41) is 2.55. The lowest BCUT2D eigenvalue weighted by Crippen LogP contribution is -2.32. The molecule has 0 aromatic carbocycles. The second-order valence-corrected chi connectivity index (χ2v) is 5.06. The molecular formula is C14H19N3O2. The highest BCUT2D eigenvalue weighted by Crippen LogP contribution is 2.08. The molecule has 0 bridgehead atoms. The highest BCUT2D eigenvalue weighted by Gasteiger charge is 2.14. The van der Waals surface area contributed by atoms with Crippen LogP contribution in [0, 0.1) is 18.8 Å². The SMILES string of the molecule is Cc1ncc(C#CCNC(=O)OC(C)(C)C)cc1N. The van der Waals surface area contributed by atoms with Crippen molar-refractivity contribution in [1.82, 2.24) is 10.3 Å². The number of amides is 1. The van der Waals surface area contributed by atoms with Crippen LogP contribution in [0.25, 0.3) is 0 Å². The van der Waals surface area contributed by atoms with E-state index in [2.05, 4.69) is 22.1 Å². The molecule has 102 valence electrons. The Hall–Kier alpha value is -2.22. The molecule has 0 atom stereocenters. The molecule has 1 amide bonds. The molecule has 0 aliphatic rings. The Balaban J connectivity index is 2.47. The second-order valence-electron chi connectivity index (χ2n) is 5.06. The van der Waals surface area contributed by atoms with Gasteiger partial charge in [0.15, 0.2) is 0 Å². The molecule has 0 unspecified atom stereocenters. The minimum absolute atomic E-state index is 0.211. The van der Waals surface area contributed by atoms with E-state index in [1.165, 1.54) is 0 Å². The smallest absolute Gasteiger partial charge is 0.408 e. The third kappa shape index (κ3) is 5.77. The van der Waals surface area contributed by atoms with Crippen LogP contribution in [0.5, 0.6) is 0 Å². The molecule has 0 radical (unpaired) electrons. The zero-order chi connectivity index (χ0) is 14.5. The number of carbonyl (C=O) groups excluding carboxylic acids is 1. The van der Waals surface area contributed by atoms with E-state index in [-0.39, 0.29) is 6.54 Å². The summed E-state index contributed by atoms with van der Waals surface area (Å²) in [5.74, 6) is 5.68. The molecule has 0 fully saturated rings. The average molecular weight is 261 g/mol. The van der Waals surface area contributed by atoms with Crippen molar-refractivity contribution in [2.45, 2.75) is 33.3 Å². The van der Waals surface area contributed by atoms with E-state index in [1.807, 2.05) is 6.92 Å². The number of nitrogen functional groups attached to an aromatic ring is 1. The van der Waals surface area contributed by atoms with Crippen LogP contribution in [0.3, 0.4) is 0 Å². The number of hydrogen-bond donors (Lipinski definition) is 2. The fourth-order valence-corrected chi connectivity index (χ4v) is 1.20. The van der Waals surface area contributed by atoms with Crippen LogP contribution in [0.15, 0.2) is 12.3 Å². The van der Waals surface area contributed by atoms with Crippen molar-refractivity contribution in [2.75, 3.05) is 12.3 Å². The number of aromatic nitrogens is 1. The van der Waals surface area contributed by atoms with E-state index in [0.717, 1.165) is 5.69 Å². The molecule has 19 heavy (non-hydrogen) atoms. The number of nitrogens with one attached hydrogen (secondary N) is 1. The molecule has 1 aromatic rings. The number of carbonyl (C=O) groups is 1. The van der Waals surface area contributed by atoms with E-state index in [0.29, 0.717) is 11.3 Å². The van der Waals surface area contributed by atoms with E-state index in [4.69, 9.17) is 10.5 Å². The Morgan fingerprint density at radius 1 is 1.53 bits per heavy atom. The van der Waals surface area contributed by atoms with Gasteiger partial charge < -0.3 is 15.8 Å².